The third-order valence-electron chi connectivity index (χ3n) is 2.52. The Morgan fingerprint density at radius 2 is 1.67 bits per heavy atom. The Morgan fingerprint density at radius 1 is 1.10 bits per heavy atom. The summed E-state index contributed by atoms with van der Waals surface area (Å²) in [5.41, 5.74) is 0.941. The number of ether oxygens (including phenoxy) is 1. The predicted octanol–water partition coefficient (Wildman–Crippen LogP) is 4.01. The average molecular weight is 309 g/mol. The van der Waals surface area contributed by atoms with Gasteiger partial charge in [0.2, 0.25) is 0 Å². The van der Waals surface area contributed by atoms with E-state index >= 15 is 0 Å². The number of rotatable bonds is 5. The Balaban J connectivity index is 2.43. The molecule has 0 spiro atoms. The normalized spacial score (nSPS) is 12.3. The van der Waals surface area contributed by atoms with Crippen molar-refractivity contribution < 1.29 is 9.53 Å². The number of hydrogen-bond donors (Lipinski definition) is 1. The lowest BCUT2D eigenvalue weighted by Crippen LogP contribution is -2.35. The quantitative estimate of drug-likeness (QED) is 0.659. The number of carbonyl (C=O) groups is 1. The molecule has 0 saturated heterocycles. The number of hydrogen-bond acceptors (Lipinski definition) is 4. The number of esters is 1. The predicted molar refractivity (Wildman–Crippen MR) is 89.6 cm³/mol. The molecule has 1 N–H and O–H groups in total. The summed E-state index contributed by atoms with van der Waals surface area (Å²) in [5.74, 6) is 0.169. The van der Waals surface area contributed by atoms with Crippen molar-refractivity contribution in [2.24, 2.45) is 0 Å². The van der Waals surface area contributed by atoms with E-state index in [4.69, 9.17) is 4.74 Å². The van der Waals surface area contributed by atoms with Crippen molar-refractivity contribution in [3.63, 3.8) is 0 Å². The van der Waals surface area contributed by atoms with Crippen LogP contribution in [0.15, 0.2) is 29.2 Å². The molecule has 0 heterocycles. The fourth-order valence-electron chi connectivity index (χ4n) is 1.58. The first kappa shape index (κ1) is 18.1. The molecule has 0 atom stereocenters. The lowest BCUT2D eigenvalue weighted by atomic mass is 10.1. The summed E-state index contributed by atoms with van der Waals surface area (Å²) in [7, 11) is 0. The molecule has 4 heteroatoms. The smallest absolute Gasteiger partial charge is 0.316 e. The first-order chi connectivity index (χ1) is 9.55. The molecule has 118 valence electrons. The van der Waals surface area contributed by atoms with Crippen LogP contribution in [0.3, 0.4) is 0 Å². The van der Waals surface area contributed by atoms with Crippen LogP contribution in [0.4, 0.5) is 0 Å². The summed E-state index contributed by atoms with van der Waals surface area (Å²) in [6.45, 7) is 12.9. The molecule has 0 amide bonds. The first-order valence-electron chi connectivity index (χ1n) is 7.24. The minimum Gasteiger partial charge on any atom is -0.459 e. The number of carbonyl (C=O) groups excluding carboxylic acids is 1. The average Bonchev–Trinajstić information content (AvgIpc) is 2.32. The zero-order valence-electron chi connectivity index (χ0n) is 13.9. The second-order valence-electron chi connectivity index (χ2n) is 7.12. The molecule has 21 heavy (non-hydrogen) atoms. The van der Waals surface area contributed by atoms with Gasteiger partial charge >= 0.3 is 5.97 Å². The summed E-state index contributed by atoms with van der Waals surface area (Å²) in [6, 6.07) is 8.29. The minimum atomic E-state index is -0.417. The van der Waals surface area contributed by atoms with Crippen molar-refractivity contribution in [3.05, 3.63) is 29.8 Å². The molecule has 0 fully saturated rings. The van der Waals surface area contributed by atoms with Crippen LogP contribution in [0, 0.1) is 0 Å². The highest BCUT2D eigenvalue weighted by molar-refractivity contribution is 8.00. The Kier molecular flexibility index (Phi) is 6.29. The van der Waals surface area contributed by atoms with Gasteiger partial charge in [-0.05, 0) is 59.2 Å². The summed E-state index contributed by atoms with van der Waals surface area (Å²) >= 11 is 1.51. The van der Waals surface area contributed by atoms with E-state index in [9.17, 15) is 4.79 Å². The molecule has 0 bridgehead atoms. The Morgan fingerprint density at radius 3 is 2.14 bits per heavy atom. The summed E-state index contributed by atoms with van der Waals surface area (Å²) in [4.78, 5) is 12.7. The van der Waals surface area contributed by atoms with E-state index in [2.05, 4.69) is 50.4 Å². The van der Waals surface area contributed by atoms with E-state index < -0.39 is 5.60 Å². The van der Waals surface area contributed by atoms with Gasteiger partial charge in [0.25, 0.3) is 0 Å². The lowest BCUT2D eigenvalue weighted by molar-refractivity contribution is -0.151. The van der Waals surface area contributed by atoms with Crippen molar-refractivity contribution in [2.45, 2.75) is 64.1 Å². The van der Waals surface area contributed by atoms with Gasteiger partial charge < -0.3 is 10.1 Å². The molecule has 0 saturated carbocycles. The van der Waals surface area contributed by atoms with E-state index in [1.807, 2.05) is 20.8 Å². The Labute approximate surface area is 132 Å². The third kappa shape index (κ3) is 8.79. The van der Waals surface area contributed by atoms with Crippen LogP contribution >= 0.6 is 11.8 Å². The molecule has 0 aliphatic carbocycles. The van der Waals surface area contributed by atoms with Crippen molar-refractivity contribution in [2.75, 3.05) is 5.75 Å². The zero-order chi connectivity index (χ0) is 16.1. The minimum absolute atomic E-state index is 0.115. The molecule has 3 nitrogen and oxygen atoms in total. The Hall–Kier alpha value is -1.00. The van der Waals surface area contributed by atoms with E-state index in [1.165, 1.54) is 17.3 Å². The van der Waals surface area contributed by atoms with E-state index in [1.54, 1.807) is 0 Å². The largest absolute Gasteiger partial charge is 0.459 e. The molecule has 1 aromatic carbocycles. The monoisotopic (exact) mass is 309 g/mol. The van der Waals surface area contributed by atoms with E-state index in [0.29, 0.717) is 5.75 Å². The molecule has 0 aliphatic heterocycles. The highest BCUT2D eigenvalue weighted by Crippen LogP contribution is 2.20. The van der Waals surface area contributed by atoms with Crippen LogP contribution in [-0.4, -0.2) is 22.9 Å². The van der Waals surface area contributed by atoms with Crippen molar-refractivity contribution >= 4 is 17.7 Å². The first-order valence-corrected chi connectivity index (χ1v) is 8.22. The van der Waals surface area contributed by atoms with Crippen LogP contribution in [-0.2, 0) is 16.1 Å². The van der Waals surface area contributed by atoms with E-state index in [0.717, 1.165) is 11.4 Å². The van der Waals surface area contributed by atoms with Crippen molar-refractivity contribution in [3.8, 4) is 0 Å². The van der Waals surface area contributed by atoms with Crippen LogP contribution in [0.1, 0.15) is 47.1 Å². The highest BCUT2D eigenvalue weighted by atomic mass is 32.2. The number of thioether (sulfide) groups is 1. The molecule has 1 aromatic rings. The maximum atomic E-state index is 11.7. The number of nitrogens with one attached hydrogen (secondary N) is 1. The number of benzene rings is 1. The van der Waals surface area contributed by atoms with Gasteiger partial charge in [0.05, 0.1) is 5.75 Å². The van der Waals surface area contributed by atoms with Gasteiger partial charge in [-0.1, -0.05) is 12.1 Å². The fraction of sp³-hybridized carbons (Fsp3) is 0.588. The molecular weight excluding hydrogens is 282 g/mol. The molecule has 1 rings (SSSR count). The van der Waals surface area contributed by atoms with Crippen LogP contribution < -0.4 is 5.32 Å². The summed E-state index contributed by atoms with van der Waals surface area (Å²) in [5, 5.41) is 3.45. The Bertz CT molecular complexity index is 455. The fourth-order valence-corrected chi connectivity index (χ4v) is 2.26. The van der Waals surface area contributed by atoms with Crippen LogP contribution in [0.25, 0.3) is 0 Å². The summed E-state index contributed by atoms with van der Waals surface area (Å²) in [6.07, 6.45) is 0. The summed E-state index contributed by atoms with van der Waals surface area (Å²) < 4.78 is 5.29. The maximum Gasteiger partial charge on any atom is 0.316 e. The molecule has 0 radical (unpaired) electrons. The van der Waals surface area contributed by atoms with Gasteiger partial charge in [0.15, 0.2) is 0 Å². The molecule has 0 aliphatic rings. The van der Waals surface area contributed by atoms with Gasteiger partial charge in [0.1, 0.15) is 5.60 Å². The topological polar surface area (TPSA) is 38.3 Å². The second-order valence-corrected chi connectivity index (χ2v) is 8.17. The van der Waals surface area contributed by atoms with Crippen molar-refractivity contribution in [1.82, 2.24) is 5.32 Å². The third-order valence-corrected chi connectivity index (χ3v) is 3.51. The zero-order valence-corrected chi connectivity index (χ0v) is 14.8. The standard InChI is InChI=1S/C17H27NO2S/c1-16(2,3)18-11-13-7-9-14(10-8-13)21-12-15(19)20-17(4,5)6/h7-10,18H,11-12H2,1-6H3. The van der Waals surface area contributed by atoms with Crippen LogP contribution in [0.5, 0.6) is 0 Å². The van der Waals surface area contributed by atoms with Crippen LogP contribution in [0.2, 0.25) is 0 Å². The van der Waals surface area contributed by atoms with E-state index in [-0.39, 0.29) is 11.5 Å². The van der Waals surface area contributed by atoms with Gasteiger partial charge in [0, 0.05) is 17.0 Å². The highest BCUT2D eigenvalue weighted by Gasteiger charge is 2.16. The van der Waals surface area contributed by atoms with Gasteiger partial charge in [-0.2, -0.15) is 0 Å². The van der Waals surface area contributed by atoms with Gasteiger partial charge in [-0.15, -0.1) is 11.8 Å². The van der Waals surface area contributed by atoms with Crippen molar-refractivity contribution in [1.29, 1.82) is 0 Å². The SMILES string of the molecule is CC(C)(C)NCc1ccc(SCC(=O)OC(C)(C)C)cc1. The maximum absolute atomic E-state index is 11.7. The second kappa shape index (κ2) is 7.32. The lowest BCUT2D eigenvalue weighted by Gasteiger charge is -2.20. The van der Waals surface area contributed by atoms with Gasteiger partial charge in [-0.25, -0.2) is 0 Å². The molecule has 0 unspecified atom stereocenters. The molecule has 0 aromatic heterocycles. The van der Waals surface area contributed by atoms with Gasteiger partial charge in [-0.3, -0.25) is 4.79 Å². The molecular formula is C17H27NO2S.